The lowest BCUT2D eigenvalue weighted by Crippen LogP contribution is -2.27. The summed E-state index contributed by atoms with van der Waals surface area (Å²) in [5.74, 6) is 0.479. The van der Waals surface area contributed by atoms with Gasteiger partial charge in [-0.15, -0.1) is 0 Å². The van der Waals surface area contributed by atoms with Crippen LogP contribution in [0.3, 0.4) is 0 Å². The SMILES string of the molecule is COc1cc(C)c(Cn2c(C(N)=O)c(-c3c(C)[nH]c4ccccc34)n(-c3cn(C)c4ccccc34)c2=O)c(OC)c1. The number of aromatic amines is 1. The third-order valence-corrected chi connectivity index (χ3v) is 7.80. The summed E-state index contributed by atoms with van der Waals surface area (Å²) in [6.45, 7) is 3.93. The third kappa shape index (κ3) is 4.00. The highest BCUT2D eigenvalue weighted by Gasteiger charge is 2.30. The Morgan fingerprint density at radius 1 is 0.976 bits per heavy atom. The van der Waals surface area contributed by atoms with Gasteiger partial charge in [-0.2, -0.15) is 0 Å². The number of nitrogens with zero attached hydrogens (tertiary/aromatic N) is 3. The maximum atomic E-state index is 14.6. The van der Waals surface area contributed by atoms with Crippen molar-refractivity contribution in [1.29, 1.82) is 0 Å². The fraction of sp³-hybridized carbons (Fsp3) is 0.188. The van der Waals surface area contributed by atoms with Crippen LogP contribution >= 0.6 is 0 Å². The lowest BCUT2D eigenvalue weighted by molar-refractivity contribution is 0.0992. The van der Waals surface area contributed by atoms with E-state index in [9.17, 15) is 9.59 Å². The van der Waals surface area contributed by atoms with Crippen molar-refractivity contribution in [3.8, 4) is 28.4 Å². The number of hydrogen-bond donors (Lipinski definition) is 2. The van der Waals surface area contributed by atoms with Gasteiger partial charge in [0, 0.05) is 57.9 Å². The fourth-order valence-electron chi connectivity index (χ4n) is 5.89. The Hall–Kier alpha value is -5.18. The minimum atomic E-state index is -0.703. The zero-order valence-electron chi connectivity index (χ0n) is 23.6. The molecule has 0 aliphatic carbocycles. The van der Waals surface area contributed by atoms with Crippen LogP contribution in [0, 0.1) is 13.8 Å². The Kier molecular flexibility index (Phi) is 6.22. The normalized spacial score (nSPS) is 11.4. The minimum Gasteiger partial charge on any atom is -0.497 e. The van der Waals surface area contributed by atoms with Crippen molar-refractivity contribution < 1.29 is 14.3 Å². The highest BCUT2D eigenvalue weighted by atomic mass is 16.5. The second-order valence-electron chi connectivity index (χ2n) is 10.2. The van der Waals surface area contributed by atoms with Crippen molar-refractivity contribution in [1.82, 2.24) is 18.7 Å². The molecule has 9 heteroatoms. The van der Waals surface area contributed by atoms with Crippen LogP contribution in [0.5, 0.6) is 11.5 Å². The number of nitrogens with two attached hydrogens (primary N) is 1. The molecule has 0 aliphatic rings. The molecule has 1 amide bonds. The van der Waals surface area contributed by atoms with Crippen LogP contribution in [0.25, 0.3) is 38.8 Å². The van der Waals surface area contributed by atoms with Gasteiger partial charge in [0.2, 0.25) is 0 Å². The molecule has 9 nitrogen and oxygen atoms in total. The van der Waals surface area contributed by atoms with Gasteiger partial charge in [0.15, 0.2) is 0 Å². The minimum absolute atomic E-state index is 0.0717. The zero-order valence-corrected chi connectivity index (χ0v) is 23.6. The van der Waals surface area contributed by atoms with Gasteiger partial charge >= 0.3 is 5.69 Å². The standard InChI is InChI=1S/C32H31N5O4/c1-18-14-20(40-4)15-27(41-5)23(18)16-36-30(31(33)38)29(28-19(2)34-24-12-8-6-10-21(24)28)37(32(36)39)26-17-35(3)25-13-9-7-11-22(25)26/h6-15,17,34H,16H2,1-5H3,(H2,33,38). The maximum Gasteiger partial charge on any atom is 0.334 e. The van der Waals surface area contributed by atoms with E-state index in [-0.39, 0.29) is 17.9 Å². The van der Waals surface area contributed by atoms with Crippen molar-refractivity contribution >= 4 is 27.7 Å². The molecule has 0 aliphatic heterocycles. The number of rotatable bonds is 7. The number of benzene rings is 3. The van der Waals surface area contributed by atoms with Crippen molar-refractivity contribution in [2.45, 2.75) is 20.4 Å². The van der Waals surface area contributed by atoms with Crippen LogP contribution in [0.4, 0.5) is 0 Å². The number of aromatic nitrogens is 4. The largest absolute Gasteiger partial charge is 0.497 e. The monoisotopic (exact) mass is 549 g/mol. The summed E-state index contributed by atoms with van der Waals surface area (Å²) < 4.78 is 16.2. The van der Waals surface area contributed by atoms with E-state index in [1.807, 2.05) is 86.3 Å². The molecule has 3 aromatic heterocycles. The quantitative estimate of drug-likeness (QED) is 0.290. The number of carbonyl (C=O) groups is 1. The van der Waals surface area contributed by atoms with Crippen LogP contribution in [-0.2, 0) is 13.6 Å². The number of methoxy groups -OCH3 is 2. The summed E-state index contributed by atoms with van der Waals surface area (Å²) >= 11 is 0. The van der Waals surface area contributed by atoms with E-state index in [1.54, 1.807) is 24.9 Å². The van der Waals surface area contributed by atoms with Crippen LogP contribution < -0.4 is 20.9 Å². The molecule has 0 spiro atoms. The lowest BCUT2D eigenvalue weighted by Gasteiger charge is -2.15. The average Bonchev–Trinajstić information content (AvgIpc) is 3.57. The molecule has 0 saturated heterocycles. The number of imidazole rings is 1. The lowest BCUT2D eigenvalue weighted by atomic mass is 10.0. The molecule has 0 atom stereocenters. The molecule has 0 bridgehead atoms. The molecule has 0 unspecified atom stereocenters. The molecule has 41 heavy (non-hydrogen) atoms. The predicted molar refractivity (Wildman–Crippen MR) is 160 cm³/mol. The maximum absolute atomic E-state index is 14.6. The van der Waals surface area contributed by atoms with E-state index in [4.69, 9.17) is 15.2 Å². The summed E-state index contributed by atoms with van der Waals surface area (Å²) in [6, 6.07) is 19.3. The van der Waals surface area contributed by atoms with Gasteiger partial charge in [-0.05, 0) is 37.6 Å². The summed E-state index contributed by atoms with van der Waals surface area (Å²) in [5, 5.41) is 1.76. The average molecular weight is 550 g/mol. The number of fused-ring (bicyclic) bond motifs is 2. The molecule has 3 heterocycles. The predicted octanol–water partition coefficient (Wildman–Crippen LogP) is 5.06. The molecule has 0 saturated carbocycles. The van der Waals surface area contributed by atoms with Gasteiger partial charge in [-0.1, -0.05) is 36.4 Å². The van der Waals surface area contributed by atoms with E-state index in [0.717, 1.165) is 44.2 Å². The first kappa shape index (κ1) is 26.1. The smallest absolute Gasteiger partial charge is 0.334 e. The Morgan fingerprint density at radius 3 is 2.39 bits per heavy atom. The molecule has 208 valence electrons. The van der Waals surface area contributed by atoms with Crippen LogP contribution in [0.2, 0.25) is 0 Å². The Labute approximate surface area is 236 Å². The Morgan fingerprint density at radius 2 is 1.68 bits per heavy atom. The van der Waals surface area contributed by atoms with Crippen molar-refractivity contribution in [3.05, 3.63) is 99.9 Å². The number of ether oxygens (including phenoxy) is 2. The first-order valence-corrected chi connectivity index (χ1v) is 13.2. The number of carbonyl (C=O) groups excluding carboxylic acids is 1. The van der Waals surface area contributed by atoms with Gasteiger partial charge < -0.3 is 24.8 Å². The van der Waals surface area contributed by atoms with Crippen molar-refractivity contribution in [2.75, 3.05) is 14.2 Å². The highest BCUT2D eigenvalue weighted by molar-refractivity contribution is 6.05. The molecule has 6 aromatic rings. The number of H-pyrrole nitrogens is 1. The van der Waals surface area contributed by atoms with Gasteiger partial charge in [-0.3, -0.25) is 13.9 Å². The second kappa shape index (κ2) is 9.78. The fourth-order valence-corrected chi connectivity index (χ4v) is 5.89. The van der Waals surface area contributed by atoms with E-state index >= 15 is 0 Å². The summed E-state index contributed by atoms with van der Waals surface area (Å²) in [6.07, 6.45) is 1.91. The molecular weight excluding hydrogens is 518 g/mol. The van der Waals surface area contributed by atoms with Crippen LogP contribution in [-0.4, -0.2) is 38.8 Å². The Balaban J connectivity index is 1.74. The molecule has 0 fully saturated rings. The number of nitrogens with one attached hydrogen (secondary N) is 1. The van der Waals surface area contributed by atoms with Crippen molar-refractivity contribution in [2.24, 2.45) is 12.8 Å². The highest BCUT2D eigenvalue weighted by Crippen LogP contribution is 2.38. The second-order valence-corrected chi connectivity index (χ2v) is 10.2. The number of amides is 1. The molecule has 0 radical (unpaired) electrons. The van der Waals surface area contributed by atoms with E-state index in [0.29, 0.717) is 22.9 Å². The van der Waals surface area contributed by atoms with E-state index < -0.39 is 5.91 Å². The van der Waals surface area contributed by atoms with Gasteiger partial charge in [0.1, 0.15) is 17.2 Å². The number of primary amides is 1. The summed E-state index contributed by atoms with van der Waals surface area (Å²) in [4.78, 5) is 31.4. The molecule has 6 rings (SSSR count). The van der Waals surface area contributed by atoms with Crippen LogP contribution in [0.1, 0.15) is 27.3 Å². The number of para-hydroxylation sites is 2. The number of aryl methyl sites for hydroxylation is 3. The van der Waals surface area contributed by atoms with Crippen molar-refractivity contribution in [3.63, 3.8) is 0 Å². The topological polar surface area (TPSA) is 109 Å². The van der Waals surface area contributed by atoms with Gasteiger partial charge in [0.25, 0.3) is 5.91 Å². The first-order valence-electron chi connectivity index (χ1n) is 13.2. The molecular formula is C32H31N5O4. The third-order valence-electron chi connectivity index (χ3n) is 7.80. The summed E-state index contributed by atoms with van der Waals surface area (Å²) in [7, 11) is 5.09. The van der Waals surface area contributed by atoms with E-state index in [1.165, 1.54) is 4.57 Å². The van der Waals surface area contributed by atoms with Gasteiger partial charge in [-0.25, -0.2) is 4.79 Å². The summed E-state index contributed by atoms with van der Waals surface area (Å²) in [5.41, 5.74) is 12.0. The van der Waals surface area contributed by atoms with Crippen LogP contribution in [0.15, 0.2) is 71.7 Å². The van der Waals surface area contributed by atoms with E-state index in [2.05, 4.69) is 4.98 Å². The molecule has 3 aromatic carbocycles. The molecule has 3 N–H and O–H groups in total. The first-order chi connectivity index (χ1) is 19.7. The zero-order chi connectivity index (χ0) is 29.0. The number of hydrogen-bond acceptors (Lipinski definition) is 4. The van der Waals surface area contributed by atoms with Gasteiger partial charge in [0.05, 0.1) is 32.1 Å². The Bertz CT molecular complexity index is 2040.